The Bertz CT molecular complexity index is 1020. The van der Waals surface area contributed by atoms with Gasteiger partial charge in [0.2, 0.25) is 5.91 Å². The van der Waals surface area contributed by atoms with Gasteiger partial charge >= 0.3 is 5.97 Å². The van der Waals surface area contributed by atoms with Crippen LogP contribution in [0.25, 0.3) is 0 Å². The lowest BCUT2D eigenvalue weighted by Crippen LogP contribution is -2.47. The molecule has 0 unspecified atom stereocenters. The van der Waals surface area contributed by atoms with Crippen LogP contribution in [0.4, 0.5) is 5.69 Å². The Morgan fingerprint density at radius 3 is 2.48 bits per heavy atom. The molecule has 2 heterocycles. The van der Waals surface area contributed by atoms with E-state index in [0.29, 0.717) is 10.0 Å². The number of hydrogen-bond acceptors (Lipinski definition) is 6. The summed E-state index contributed by atoms with van der Waals surface area (Å²) >= 11 is 12.0. The standard InChI is InChI=1S/C20H15Cl2N3O4/c21-13-6-14(22)8-15(7-13)25-17(26)10-20(19(25)28)9-16(23-24-20)18(27)29-11-12-4-2-1-3-5-12/h1-8,24H,9-11H2/t20-/m0/s1. The van der Waals surface area contributed by atoms with Gasteiger partial charge in [0.25, 0.3) is 5.91 Å². The molecule has 4 rings (SSSR count). The van der Waals surface area contributed by atoms with Crippen LogP contribution in [-0.4, -0.2) is 29.0 Å². The molecule has 0 aromatic heterocycles. The molecule has 1 spiro atoms. The molecule has 7 nitrogen and oxygen atoms in total. The van der Waals surface area contributed by atoms with Crippen molar-refractivity contribution < 1.29 is 19.1 Å². The Morgan fingerprint density at radius 2 is 1.79 bits per heavy atom. The van der Waals surface area contributed by atoms with Crippen LogP contribution in [0.1, 0.15) is 18.4 Å². The van der Waals surface area contributed by atoms with E-state index in [1.54, 1.807) is 0 Å². The number of ether oxygens (including phenoxy) is 1. The maximum Gasteiger partial charge on any atom is 0.354 e. The minimum Gasteiger partial charge on any atom is -0.456 e. The molecule has 0 aliphatic carbocycles. The number of carbonyl (C=O) groups is 3. The second-order valence-corrected chi connectivity index (χ2v) is 7.70. The highest BCUT2D eigenvalue weighted by atomic mass is 35.5. The Kier molecular flexibility index (Phi) is 5.02. The quantitative estimate of drug-likeness (QED) is 0.593. The molecule has 9 heteroatoms. The molecule has 1 saturated heterocycles. The Morgan fingerprint density at radius 1 is 1.10 bits per heavy atom. The van der Waals surface area contributed by atoms with Gasteiger partial charge in [-0.1, -0.05) is 53.5 Å². The third-order valence-electron chi connectivity index (χ3n) is 4.74. The zero-order chi connectivity index (χ0) is 20.6. The molecule has 0 saturated carbocycles. The molecule has 29 heavy (non-hydrogen) atoms. The minimum atomic E-state index is -1.31. The number of hydrazone groups is 1. The molecule has 0 radical (unpaired) electrons. The van der Waals surface area contributed by atoms with E-state index in [4.69, 9.17) is 27.9 Å². The van der Waals surface area contributed by atoms with Crippen molar-refractivity contribution in [3.63, 3.8) is 0 Å². The summed E-state index contributed by atoms with van der Waals surface area (Å²) in [4.78, 5) is 39.0. The van der Waals surface area contributed by atoms with Crippen LogP contribution in [0.15, 0.2) is 53.6 Å². The normalized spacial score (nSPS) is 20.8. The Hall–Kier alpha value is -2.90. The second-order valence-electron chi connectivity index (χ2n) is 6.83. The van der Waals surface area contributed by atoms with E-state index in [-0.39, 0.29) is 30.8 Å². The monoisotopic (exact) mass is 431 g/mol. The van der Waals surface area contributed by atoms with Gasteiger partial charge in [-0.05, 0) is 23.8 Å². The summed E-state index contributed by atoms with van der Waals surface area (Å²) in [6.07, 6.45) is -0.190. The van der Waals surface area contributed by atoms with Gasteiger partial charge in [-0.25, -0.2) is 9.69 Å². The molecule has 2 amide bonds. The van der Waals surface area contributed by atoms with Crippen molar-refractivity contribution >= 4 is 52.4 Å². The van der Waals surface area contributed by atoms with E-state index >= 15 is 0 Å². The number of halogens is 2. The number of benzene rings is 2. The average Bonchev–Trinajstić information content (AvgIpc) is 3.21. The van der Waals surface area contributed by atoms with E-state index in [1.807, 2.05) is 30.3 Å². The SMILES string of the molecule is O=C(OCc1ccccc1)C1=NN[C@]2(CC(=O)N(c3cc(Cl)cc(Cl)c3)C2=O)C1. The maximum absolute atomic E-state index is 13.0. The van der Waals surface area contributed by atoms with Crippen LogP contribution in [0.2, 0.25) is 10.0 Å². The fourth-order valence-corrected chi connectivity index (χ4v) is 3.87. The first kappa shape index (κ1) is 19.4. The van der Waals surface area contributed by atoms with Crippen LogP contribution in [0.3, 0.4) is 0 Å². The number of anilines is 1. The van der Waals surface area contributed by atoms with E-state index in [1.165, 1.54) is 18.2 Å². The molecule has 1 N–H and O–H groups in total. The summed E-state index contributed by atoms with van der Waals surface area (Å²) in [7, 11) is 0. The van der Waals surface area contributed by atoms with Crippen molar-refractivity contribution in [1.82, 2.24) is 5.43 Å². The van der Waals surface area contributed by atoms with Crippen LogP contribution in [0, 0.1) is 0 Å². The maximum atomic E-state index is 13.0. The summed E-state index contributed by atoms with van der Waals surface area (Å²) in [5.74, 6) is -1.59. The fraction of sp³-hybridized carbons (Fsp3) is 0.200. The topological polar surface area (TPSA) is 88.1 Å². The lowest BCUT2D eigenvalue weighted by atomic mass is 9.93. The smallest absolute Gasteiger partial charge is 0.354 e. The lowest BCUT2D eigenvalue weighted by Gasteiger charge is -2.21. The highest BCUT2D eigenvalue weighted by Crippen LogP contribution is 2.36. The molecular formula is C20H15Cl2N3O4. The zero-order valence-corrected chi connectivity index (χ0v) is 16.5. The first-order valence-corrected chi connectivity index (χ1v) is 9.52. The van der Waals surface area contributed by atoms with Gasteiger partial charge in [0.1, 0.15) is 17.9 Å². The molecule has 1 fully saturated rings. The third-order valence-corrected chi connectivity index (χ3v) is 5.18. The minimum absolute atomic E-state index is 0.0456. The van der Waals surface area contributed by atoms with Gasteiger partial charge in [0.15, 0.2) is 0 Å². The summed E-state index contributed by atoms with van der Waals surface area (Å²) in [6.45, 7) is 0.0890. The van der Waals surface area contributed by atoms with E-state index in [2.05, 4.69) is 10.5 Å². The summed E-state index contributed by atoms with van der Waals surface area (Å²) in [5, 5.41) is 4.57. The third kappa shape index (κ3) is 3.71. The van der Waals surface area contributed by atoms with Gasteiger partial charge in [-0.15, -0.1) is 0 Å². The summed E-state index contributed by atoms with van der Waals surface area (Å²) < 4.78 is 5.27. The zero-order valence-electron chi connectivity index (χ0n) is 15.0. The molecule has 2 aliphatic heterocycles. The van der Waals surface area contributed by atoms with Gasteiger partial charge < -0.3 is 4.74 Å². The number of hydrogen-bond donors (Lipinski definition) is 1. The molecule has 0 bridgehead atoms. The number of rotatable bonds is 4. The first-order valence-electron chi connectivity index (χ1n) is 8.76. The van der Waals surface area contributed by atoms with Crippen molar-refractivity contribution in [3.05, 3.63) is 64.1 Å². The average molecular weight is 432 g/mol. The van der Waals surface area contributed by atoms with Crippen molar-refractivity contribution in [3.8, 4) is 0 Å². The summed E-state index contributed by atoms with van der Waals surface area (Å²) in [5.41, 5.74) is 2.54. The van der Waals surface area contributed by atoms with Crippen molar-refractivity contribution in [2.24, 2.45) is 5.10 Å². The second kappa shape index (κ2) is 7.50. The highest BCUT2D eigenvalue weighted by molar-refractivity contribution is 6.39. The molecule has 2 aromatic carbocycles. The number of amides is 2. The lowest BCUT2D eigenvalue weighted by molar-refractivity contribution is -0.136. The van der Waals surface area contributed by atoms with Gasteiger partial charge in [-0.3, -0.25) is 15.0 Å². The largest absolute Gasteiger partial charge is 0.456 e. The Labute approximate surface area is 176 Å². The highest BCUT2D eigenvalue weighted by Gasteiger charge is 2.56. The predicted molar refractivity (Wildman–Crippen MR) is 108 cm³/mol. The van der Waals surface area contributed by atoms with Crippen LogP contribution in [0.5, 0.6) is 0 Å². The predicted octanol–water partition coefficient (Wildman–Crippen LogP) is 3.09. The van der Waals surface area contributed by atoms with Crippen molar-refractivity contribution in [2.75, 3.05) is 4.90 Å². The number of carbonyl (C=O) groups excluding carboxylic acids is 3. The van der Waals surface area contributed by atoms with E-state index in [0.717, 1.165) is 10.5 Å². The van der Waals surface area contributed by atoms with Gasteiger partial charge in [-0.2, -0.15) is 5.10 Å². The molecule has 2 aromatic rings. The van der Waals surface area contributed by atoms with E-state index in [9.17, 15) is 14.4 Å². The first-order chi connectivity index (χ1) is 13.9. The number of esters is 1. The van der Waals surface area contributed by atoms with Crippen LogP contribution < -0.4 is 10.3 Å². The van der Waals surface area contributed by atoms with Crippen LogP contribution in [-0.2, 0) is 25.7 Å². The van der Waals surface area contributed by atoms with Crippen LogP contribution >= 0.6 is 23.2 Å². The molecule has 2 aliphatic rings. The van der Waals surface area contributed by atoms with Gasteiger partial charge in [0.05, 0.1) is 12.1 Å². The van der Waals surface area contributed by atoms with Crippen molar-refractivity contribution in [1.29, 1.82) is 0 Å². The van der Waals surface area contributed by atoms with Crippen molar-refractivity contribution in [2.45, 2.75) is 25.0 Å². The summed E-state index contributed by atoms with van der Waals surface area (Å²) in [6, 6.07) is 13.7. The molecular weight excluding hydrogens is 417 g/mol. The number of nitrogens with zero attached hydrogens (tertiary/aromatic N) is 2. The van der Waals surface area contributed by atoms with Gasteiger partial charge in [0, 0.05) is 16.5 Å². The number of imide groups is 1. The molecule has 1 atom stereocenters. The number of nitrogens with one attached hydrogen (secondary N) is 1. The fourth-order valence-electron chi connectivity index (χ4n) is 3.36. The van der Waals surface area contributed by atoms with E-state index < -0.39 is 23.3 Å². The molecule has 148 valence electrons. The Balaban J connectivity index is 1.47.